The summed E-state index contributed by atoms with van der Waals surface area (Å²) in [5, 5.41) is 3.61. The normalized spacial score (nSPS) is 27.8. The predicted molar refractivity (Wildman–Crippen MR) is 96.5 cm³/mol. The summed E-state index contributed by atoms with van der Waals surface area (Å²) in [6.07, 6.45) is 7.52. The first-order valence-electron chi connectivity index (χ1n) is 9.21. The number of hydrogen-bond acceptors (Lipinski definition) is 3. The highest BCUT2D eigenvalue weighted by molar-refractivity contribution is 5.82. The summed E-state index contributed by atoms with van der Waals surface area (Å²) < 4.78 is 0. The average Bonchev–Trinajstić information content (AvgIpc) is 2.93. The van der Waals surface area contributed by atoms with Crippen LogP contribution in [0.4, 0.5) is 0 Å². The average molecular weight is 339 g/mol. The van der Waals surface area contributed by atoms with Gasteiger partial charge >= 0.3 is 0 Å². The van der Waals surface area contributed by atoms with E-state index in [4.69, 9.17) is 0 Å². The third kappa shape index (κ3) is 3.21. The Morgan fingerprint density at radius 3 is 2.80 bits per heavy atom. The molecular formula is C20H25N3O2. The second-order valence-corrected chi connectivity index (χ2v) is 7.36. The zero-order valence-corrected chi connectivity index (χ0v) is 14.6. The fourth-order valence-corrected chi connectivity index (χ4v) is 4.38. The van der Waals surface area contributed by atoms with Crippen LogP contribution in [-0.4, -0.2) is 46.8 Å². The Balaban J connectivity index is 1.54. The van der Waals surface area contributed by atoms with E-state index in [1.807, 2.05) is 41.4 Å². The highest BCUT2D eigenvalue weighted by Gasteiger charge is 2.34. The Labute approximate surface area is 148 Å². The Kier molecular flexibility index (Phi) is 4.34. The summed E-state index contributed by atoms with van der Waals surface area (Å²) >= 11 is 0. The number of rotatable bonds is 2. The van der Waals surface area contributed by atoms with E-state index in [9.17, 15) is 9.59 Å². The molecule has 3 unspecified atom stereocenters. The molecule has 132 valence electrons. The predicted octanol–water partition coefficient (Wildman–Crippen LogP) is 2.30. The van der Waals surface area contributed by atoms with Crippen molar-refractivity contribution >= 4 is 17.9 Å². The number of benzene rings is 1. The lowest BCUT2D eigenvalue weighted by molar-refractivity contribution is -0.134. The summed E-state index contributed by atoms with van der Waals surface area (Å²) in [6.45, 7) is 3.17. The first-order chi connectivity index (χ1) is 12.1. The Morgan fingerprint density at radius 2 is 1.96 bits per heavy atom. The van der Waals surface area contributed by atoms with Crippen LogP contribution in [0.25, 0.3) is 6.08 Å². The highest BCUT2D eigenvalue weighted by atomic mass is 16.2. The number of carbonyl (C=O) groups is 2. The lowest BCUT2D eigenvalue weighted by Gasteiger charge is -2.34. The van der Waals surface area contributed by atoms with E-state index < -0.39 is 0 Å². The van der Waals surface area contributed by atoms with Crippen LogP contribution in [0, 0.1) is 0 Å². The third-order valence-electron chi connectivity index (χ3n) is 5.71. The Morgan fingerprint density at radius 1 is 1.16 bits per heavy atom. The fourth-order valence-electron chi connectivity index (χ4n) is 4.38. The zero-order valence-electron chi connectivity index (χ0n) is 14.6. The second-order valence-electron chi connectivity index (χ2n) is 7.36. The maximum atomic E-state index is 13.0. The first kappa shape index (κ1) is 16.3. The van der Waals surface area contributed by atoms with Crippen molar-refractivity contribution in [3.05, 3.63) is 41.6 Å². The van der Waals surface area contributed by atoms with Gasteiger partial charge in [-0.05, 0) is 36.5 Å². The molecule has 2 saturated heterocycles. The van der Waals surface area contributed by atoms with Gasteiger partial charge in [0.25, 0.3) is 0 Å². The maximum absolute atomic E-state index is 13.0. The third-order valence-corrected chi connectivity index (χ3v) is 5.71. The van der Waals surface area contributed by atoms with Crippen molar-refractivity contribution in [1.29, 1.82) is 0 Å². The van der Waals surface area contributed by atoms with E-state index in [-0.39, 0.29) is 17.9 Å². The Hall–Kier alpha value is -2.14. The van der Waals surface area contributed by atoms with Gasteiger partial charge in [-0.15, -0.1) is 0 Å². The molecule has 4 rings (SSSR count). The molecule has 1 aromatic carbocycles. The molecule has 0 aromatic heterocycles. The molecule has 0 aliphatic carbocycles. The maximum Gasteiger partial charge on any atom is 0.225 e. The van der Waals surface area contributed by atoms with Crippen LogP contribution in [-0.2, 0) is 9.59 Å². The number of nitrogens with one attached hydrogen (secondary N) is 1. The molecular weight excluding hydrogens is 314 g/mol. The number of nitrogens with zero attached hydrogens (tertiary/aromatic N) is 2. The molecule has 25 heavy (non-hydrogen) atoms. The van der Waals surface area contributed by atoms with Crippen LogP contribution in [0.15, 0.2) is 30.5 Å². The van der Waals surface area contributed by atoms with Gasteiger partial charge in [-0.25, -0.2) is 0 Å². The van der Waals surface area contributed by atoms with Gasteiger partial charge in [0.1, 0.15) is 0 Å². The van der Waals surface area contributed by atoms with E-state index in [0.29, 0.717) is 18.5 Å². The topological polar surface area (TPSA) is 52.7 Å². The summed E-state index contributed by atoms with van der Waals surface area (Å²) in [4.78, 5) is 28.8. The van der Waals surface area contributed by atoms with Crippen LogP contribution in [0.3, 0.4) is 0 Å². The molecule has 5 nitrogen and oxygen atoms in total. The minimum Gasteiger partial charge on any atom is -0.341 e. The van der Waals surface area contributed by atoms with Gasteiger partial charge < -0.3 is 15.1 Å². The molecule has 0 spiro atoms. The van der Waals surface area contributed by atoms with Crippen molar-refractivity contribution in [2.45, 2.75) is 50.7 Å². The highest BCUT2D eigenvalue weighted by Crippen LogP contribution is 2.33. The summed E-state index contributed by atoms with van der Waals surface area (Å²) in [7, 11) is 0. The molecule has 1 N–H and O–H groups in total. The molecule has 2 bridgehead atoms. The minimum absolute atomic E-state index is 0.0276. The van der Waals surface area contributed by atoms with E-state index in [1.54, 1.807) is 11.8 Å². The molecule has 5 heteroatoms. The smallest absolute Gasteiger partial charge is 0.225 e. The molecule has 0 radical (unpaired) electrons. The lowest BCUT2D eigenvalue weighted by Crippen LogP contribution is -2.41. The van der Waals surface area contributed by atoms with Crippen LogP contribution in [0.1, 0.15) is 49.8 Å². The molecule has 2 amide bonds. The van der Waals surface area contributed by atoms with Gasteiger partial charge in [0.05, 0.1) is 12.5 Å². The Bertz CT molecular complexity index is 715. The van der Waals surface area contributed by atoms with Crippen molar-refractivity contribution in [2.24, 2.45) is 0 Å². The van der Waals surface area contributed by atoms with Crippen molar-refractivity contribution in [3.63, 3.8) is 0 Å². The quantitative estimate of drug-likeness (QED) is 0.899. The summed E-state index contributed by atoms with van der Waals surface area (Å²) in [6, 6.07) is 8.81. The largest absolute Gasteiger partial charge is 0.341 e. The van der Waals surface area contributed by atoms with Gasteiger partial charge in [-0.1, -0.05) is 24.3 Å². The number of hydrogen-bond donors (Lipinski definition) is 1. The lowest BCUT2D eigenvalue weighted by atomic mass is 9.93. The van der Waals surface area contributed by atoms with Crippen molar-refractivity contribution in [2.75, 3.05) is 13.1 Å². The number of amides is 2. The van der Waals surface area contributed by atoms with E-state index in [2.05, 4.69) is 5.32 Å². The second kappa shape index (κ2) is 6.64. The molecule has 3 heterocycles. The number of fused-ring (bicyclic) bond motifs is 3. The molecule has 3 atom stereocenters. The van der Waals surface area contributed by atoms with Crippen LogP contribution < -0.4 is 5.32 Å². The molecule has 3 aliphatic rings. The van der Waals surface area contributed by atoms with Crippen LogP contribution in [0.2, 0.25) is 0 Å². The number of likely N-dealkylation sites (tertiary alicyclic amines) is 1. The van der Waals surface area contributed by atoms with Crippen LogP contribution in [0.5, 0.6) is 0 Å². The SMILES string of the molecule is CC(=O)N1C=Cc2ccccc2C1CC(=O)N1CCC2CCC(C1)N2. The fraction of sp³-hybridized carbons (Fsp3) is 0.500. The standard InChI is InChI=1S/C20H25N3O2/c1-14(24)23-11-8-15-4-2-3-5-18(15)19(23)12-20(25)22-10-9-16-6-7-17(13-22)21-16/h2-5,8,11,16-17,19,21H,6-7,9-10,12-13H2,1H3. The molecule has 0 saturated carbocycles. The monoisotopic (exact) mass is 339 g/mol. The summed E-state index contributed by atoms with van der Waals surface area (Å²) in [5.74, 6) is 0.121. The van der Waals surface area contributed by atoms with Gasteiger partial charge in [0, 0.05) is 38.3 Å². The van der Waals surface area contributed by atoms with E-state index in [0.717, 1.165) is 37.1 Å². The first-order valence-corrected chi connectivity index (χ1v) is 9.21. The van der Waals surface area contributed by atoms with Gasteiger partial charge in [0.2, 0.25) is 11.8 Å². The van der Waals surface area contributed by atoms with Crippen molar-refractivity contribution in [1.82, 2.24) is 15.1 Å². The molecule has 1 aromatic rings. The van der Waals surface area contributed by atoms with Crippen molar-refractivity contribution in [3.8, 4) is 0 Å². The van der Waals surface area contributed by atoms with E-state index in [1.165, 1.54) is 6.42 Å². The molecule has 2 fully saturated rings. The molecule has 3 aliphatic heterocycles. The van der Waals surface area contributed by atoms with Gasteiger partial charge in [0.15, 0.2) is 0 Å². The van der Waals surface area contributed by atoms with Crippen molar-refractivity contribution < 1.29 is 9.59 Å². The van der Waals surface area contributed by atoms with Gasteiger partial charge in [-0.3, -0.25) is 9.59 Å². The van der Waals surface area contributed by atoms with Gasteiger partial charge in [-0.2, -0.15) is 0 Å². The number of carbonyl (C=O) groups excluding carboxylic acids is 2. The minimum atomic E-state index is -0.209. The summed E-state index contributed by atoms with van der Waals surface area (Å²) in [5.41, 5.74) is 2.15. The van der Waals surface area contributed by atoms with Crippen LogP contribution >= 0.6 is 0 Å². The zero-order chi connectivity index (χ0) is 17.4. The van der Waals surface area contributed by atoms with E-state index >= 15 is 0 Å².